The number of nitrogens with one attached hydrogen (secondary N) is 2. The number of ether oxygens (including phenoxy) is 6. The molecule has 1 aromatic heterocycles. The van der Waals surface area contributed by atoms with E-state index in [0.717, 1.165) is 31.7 Å². The number of fused-ring (bicyclic) bond motifs is 1. The van der Waals surface area contributed by atoms with E-state index in [2.05, 4.69) is 10.3 Å². The first-order valence-electron chi connectivity index (χ1n) is 15.0. The van der Waals surface area contributed by atoms with Crippen LogP contribution in [-0.4, -0.2) is 103 Å². The third kappa shape index (κ3) is 8.13. The molecule has 0 spiro atoms. The molecule has 46 heavy (non-hydrogen) atoms. The second-order valence-corrected chi connectivity index (χ2v) is 11.0. The van der Waals surface area contributed by atoms with Gasteiger partial charge in [-0.25, -0.2) is 0 Å². The van der Waals surface area contributed by atoms with Crippen LogP contribution in [-0.2, 0) is 58.9 Å². The van der Waals surface area contributed by atoms with Crippen LogP contribution < -0.4 is 10.1 Å². The number of carbonyl (C=O) groups excluding carboxylic acids is 6. The van der Waals surface area contributed by atoms with Crippen LogP contribution in [0.15, 0.2) is 24.4 Å². The topological polar surface area (TPSA) is 189 Å². The van der Waals surface area contributed by atoms with Crippen molar-refractivity contribution in [2.45, 2.75) is 77.6 Å². The maximum absolute atomic E-state index is 13.9. The highest BCUT2D eigenvalue weighted by atomic mass is 16.7. The number of hydrogen-bond donors (Lipinski definition) is 2. The third-order valence-electron chi connectivity index (χ3n) is 7.74. The van der Waals surface area contributed by atoms with Gasteiger partial charge in [-0.05, 0) is 43.5 Å². The maximum atomic E-state index is 13.9. The quantitative estimate of drug-likeness (QED) is 0.278. The van der Waals surface area contributed by atoms with Crippen LogP contribution in [0, 0.1) is 5.92 Å². The summed E-state index contributed by atoms with van der Waals surface area (Å²) >= 11 is 0. The summed E-state index contributed by atoms with van der Waals surface area (Å²) in [5, 5.41) is 3.40. The molecule has 0 bridgehead atoms. The summed E-state index contributed by atoms with van der Waals surface area (Å²) in [7, 11) is 1.53. The monoisotopic (exact) mass is 645 g/mol. The van der Waals surface area contributed by atoms with E-state index in [0.29, 0.717) is 24.2 Å². The first-order valence-corrected chi connectivity index (χ1v) is 15.0. The van der Waals surface area contributed by atoms with Gasteiger partial charge in [0, 0.05) is 51.0 Å². The van der Waals surface area contributed by atoms with Crippen molar-refractivity contribution in [3.63, 3.8) is 0 Å². The first-order chi connectivity index (χ1) is 21.9. The number of aromatic nitrogens is 1. The fourth-order valence-electron chi connectivity index (χ4n) is 5.72. The third-order valence-corrected chi connectivity index (χ3v) is 7.74. The van der Waals surface area contributed by atoms with Gasteiger partial charge in [0.2, 0.25) is 5.91 Å². The number of aromatic amines is 1. The molecule has 1 aromatic carbocycles. The Morgan fingerprint density at radius 1 is 0.935 bits per heavy atom. The average molecular weight is 646 g/mol. The minimum Gasteiger partial charge on any atom is -0.497 e. The van der Waals surface area contributed by atoms with E-state index >= 15 is 0 Å². The number of carbonyl (C=O) groups is 6. The van der Waals surface area contributed by atoms with Crippen molar-refractivity contribution < 1.29 is 57.2 Å². The molecule has 2 N–H and O–H groups in total. The lowest BCUT2D eigenvalue weighted by atomic mass is 9.93. The summed E-state index contributed by atoms with van der Waals surface area (Å²) in [5.41, 5.74) is 1.39. The zero-order valence-electron chi connectivity index (χ0n) is 26.4. The van der Waals surface area contributed by atoms with Crippen molar-refractivity contribution in [1.29, 1.82) is 0 Å². The molecule has 0 radical (unpaired) electrons. The number of esters is 4. The molecular formula is C31H39N3O12. The van der Waals surface area contributed by atoms with Crippen molar-refractivity contribution in [3.8, 4) is 5.75 Å². The molecule has 15 heteroatoms. The molecule has 3 heterocycles. The second kappa shape index (κ2) is 15.1. The van der Waals surface area contributed by atoms with Gasteiger partial charge in [-0.15, -0.1) is 0 Å². The highest BCUT2D eigenvalue weighted by Crippen LogP contribution is 2.31. The number of piperidine rings is 1. The predicted octanol–water partition coefficient (Wildman–Crippen LogP) is 1.16. The van der Waals surface area contributed by atoms with Gasteiger partial charge >= 0.3 is 23.9 Å². The van der Waals surface area contributed by atoms with Gasteiger partial charge in [0.05, 0.1) is 26.1 Å². The predicted molar refractivity (Wildman–Crippen MR) is 158 cm³/mol. The molecule has 0 saturated carbocycles. The zero-order chi connectivity index (χ0) is 33.5. The van der Waals surface area contributed by atoms with E-state index in [1.165, 1.54) is 12.0 Å². The van der Waals surface area contributed by atoms with E-state index in [9.17, 15) is 28.8 Å². The number of hydrogen-bond acceptors (Lipinski definition) is 12. The number of benzene rings is 1. The largest absolute Gasteiger partial charge is 0.497 e. The summed E-state index contributed by atoms with van der Waals surface area (Å²) in [4.78, 5) is 80.7. The Hall–Kier alpha value is -4.66. The van der Waals surface area contributed by atoms with Crippen LogP contribution in [0.25, 0.3) is 10.9 Å². The fraction of sp³-hybridized carbons (Fsp3) is 0.548. The molecule has 2 aromatic rings. The van der Waals surface area contributed by atoms with E-state index in [-0.39, 0.29) is 38.0 Å². The van der Waals surface area contributed by atoms with E-state index in [4.69, 9.17) is 28.4 Å². The number of H-pyrrole nitrogens is 1. The standard InChI is InChI=1S/C31H39N3O12/c1-6-42-31(40)19-9-11-34(12-10-19)30(39)28-26(44-17(3)36)25(43-16(2)35)27(45-18(4)37)29(46-28)33-24(38)13-20-15-32-23-8-7-21(41-5)14-22(20)23/h7-8,14-15,19,25-29,32H,6,9-13H2,1-5H3,(H,33,38). The lowest BCUT2D eigenvalue weighted by Crippen LogP contribution is -2.68. The Morgan fingerprint density at radius 2 is 1.57 bits per heavy atom. The smallest absolute Gasteiger partial charge is 0.309 e. The minimum absolute atomic E-state index is 0.147. The summed E-state index contributed by atoms with van der Waals surface area (Å²) in [6.07, 6.45) is -5.42. The highest BCUT2D eigenvalue weighted by molar-refractivity contribution is 5.90. The number of rotatable bonds is 10. The van der Waals surface area contributed by atoms with Crippen LogP contribution in [0.1, 0.15) is 46.1 Å². The molecule has 2 amide bonds. The van der Waals surface area contributed by atoms with Crippen LogP contribution >= 0.6 is 0 Å². The number of methoxy groups -OCH3 is 1. The van der Waals surface area contributed by atoms with E-state index in [1.807, 2.05) is 0 Å². The molecular weight excluding hydrogens is 606 g/mol. The summed E-state index contributed by atoms with van der Waals surface area (Å²) < 4.78 is 32.9. The molecule has 2 aliphatic rings. The summed E-state index contributed by atoms with van der Waals surface area (Å²) in [6.45, 7) is 5.59. The highest BCUT2D eigenvalue weighted by Gasteiger charge is 2.55. The van der Waals surface area contributed by atoms with Crippen molar-refractivity contribution >= 4 is 46.6 Å². The van der Waals surface area contributed by atoms with Gasteiger partial charge in [-0.3, -0.25) is 28.8 Å². The Labute approximate surface area is 265 Å². The molecule has 5 atom stereocenters. The van der Waals surface area contributed by atoms with Crippen molar-refractivity contribution in [3.05, 3.63) is 30.0 Å². The van der Waals surface area contributed by atoms with Crippen molar-refractivity contribution in [1.82, 2.24) is 15.2 Å². The van der Waals surface area contributed by atoms with Crippen LogP contribution in [0.3, 0.4) is 0 Å². The SMILES string of the molecule is CCOC(=O)C1CCN(C(=O)C2OC(NC(=O)Cc3c[nH]c4ccc(OC)cc34)C(OC(C)=O)C(OC(C)=O)C2OC(C)=O)CC1. The van der Waals surface area contributed by atoms with Crippen molar-refractivity contribution in [2.75, 3.05) is 26.8 Å². The Balaban J connectivity index is 1.62. The number of nitrogens with zero attached hydrogens (tertiary/aromatic N) is 1. The Kier molecular flexibility index (Phi) is 11.2. The Bertz CT molecular complexity index is 1460. The lowest BCUT2D eigenvalue weighted by molar-refractivity contribution is -0.250. The summed E-state index contributed by atoms with van der Waals surface area (Å²) in [6, 6.07) is 5.35. The van der Waals surface area contributed by atoms with Gasteiger partial charge in [-0.2, -0.15) is 0 Å². The first kappa shape index (κ1) is 34.2. The maximum Gasteiger partial charge on any atom is 0.309 e. The van der Waals surface area contributed by atoms with Gasteiger partial charge in [0.25, 0.3) is 5.91 Å². The zero-order valence-corrected chi connectivity index (χ0v) is 26.4. The summed E-state index contributed by atoms with van der Waals surface area (Å²) in [5.74, 6) is -3.79. The minimum atomic E-state index is -1.57. The molecule has 2 fully saturated rings. The molecule has 2 aliphatic heterocycles. The van der Waals surface area contributed by atoms with Gasteiger partial charge in [0.1, 0.15) is 5.75 Å². The van der Waals surface area contributed by atoms with Crippen molar-refractivity contribution in [2.24, 2.45) is 5.92 Å². The van der Waals surface area contributed by atoms with Gasteiger partial charge < -0.3 is 43.6 Å². The van der Waals surface area contributed by atoms with Gasteiger partial charge in [0.15, 0.2) is 30.6 Å². The second-order valence-electron chi connectivity index (χ2n) is 11.0. The number of likely N-dealkylation sites (tertiary alicyclic amines) is 1. The molecule has 5 unspecified atom stereocenters. The van der Waals surface area contributed by atoms with Crippen LogP contribution in [0.2, 0.25) is 0 Å². The van der Waals surface area contributed by atoms with E-state index in [1.54, 1.807) is 31.3 Å². The molecule has 2 saturated heterocycles. The normalized spacial score (nSPS) is 23.2. The van der Waals surface area contributed by atoms with Gasteiger partial charge in [-0.1, -0.05) is 0 Å². The molecule has 0 aliphatic carbocycles. The molecule has 4 rings (SSSR count). The Morgan fingerprint density at radius 3 is 2.17 bits per heavy atom. The molecule has 15 nitrogen and oxygen atoms in total. The van der Waals surface area contributed by atoms with Crippen LogP contribution in [0.5, 0.6) is 5.75 Å². The molecule has 250 valence electrons. The fourth-order valence-corrected chi connectivity index (χ4v) is 5.72. The van der Waals surface area contributed by atoms with E-state index < -0.39 is 60.4 Å². The average Bonchev–Trinajstić information content (AvgIpc) is 3.40. The van der Waals surface area contributed by atoms with Crippen LogP contribution in [0.4, 0.5) is 0 Å². The lowest BCUT2D eigenvalue weighted by Gasteiger charge is -2.45. The number of amides is 2.